The lowest BCUT2D eigenvalue weighted by atomic mass is 10.0. The second kappa shape index (κ2) is 9.52. The molecule has 0 bridgehead atoms. The minimum Gasteiger partial charge on any atom is -0.346 e. The average Bonchev–Trinajstić information content (AvgIpc) is 3.26. The second-order valence-electron chi connectivity index (χ2n) is 8.80. The number of hydrogen-bond acceptors (Lipinski definition) is 5. The van der Waals surface area contributed by atoms with Crippen LogP contribution in [0.15, 0.2) is 42.7 Å². The molecule has 0 aliphatic carbocycles. The predicted octanol–water partition coefficient (Wildman–Crippen LogP) is 3.64. The molecule has 8 heteroatoms. The van der Waals surface area contributed by atoms with Crippen LogP contribution in [0.3, 0.4) is 0 Å². The van der Waals surface area contributed by atoms with Crippen LogP contribution in [0.25, 0.3) is 11.0 Å². The van der Waals surface area contributed by atoms with Crippen molar-refractivity contribution in [1.82, 2.24) is 24.8 Å². The molecule has 3 amide bonds. The number of imide groups is 1. The van der Waals surface area contributed by atoms with Gasteiger partial charge >= 0.3 is 0 Å². The number of rotatable bonds is 9. The van der Waals surface area contributed by atoms with E-state index in [0.29, 0.717) is 36.9 Å². The number of benzene rings is 1. The fourth-order valence-corrected chi connectivity index (χ4v) is 4.29. The van der Waals surface area contributed by atoms with Gasteiger partial charge < -0.3 is 9.88 Å². The first-order chi connectivity index (χ1) is 15.9. The third-order valence-corrected chi connectivity index (χ3v) is 6.14. The molecule has 33 heavy (non-hydrogen) atoms. The molecule has 1 aromatic carbocycles. The van der Waals surface area contributed by atoms with Crippen molar-refractivity contribution in [2.24, 2.45) is 13.0 Å². The van der Waals surface area contributed by atoms with Gasteiger partial charge in [0.25, 0.3) is 11.8 Å². The van der Waals surface area contributed by atoms with Gasteiger partial charge in [0.05, 0.1) is 28.2 Å². The van der Waals surface area contributed by atoms with Crippen molar-refractivity contribution in [2.45, 2.75) is 45.6 Å². The first-order valence-electron chi connectivity index (χ1n) is 11.4. The van der Waals surface area contributed by atoms with Crippen LogP contribution in [0.4, 0.5) is 0 Å². The van der Waals surface area contributed by atoms with Crippen LogP contribution < -0.4 is 5.32 Å². The molecule has 3 aromatic rings. The van der Waals surface area contributed by atoms with Crippen LogP contribution in [0.1, 0.15) is 72.1 Å². The lowest BCUT2D eigenvalue weighted by Gasteiger charge is -2.22. The molecule has 1 N–H and O–H groups in total. The zero-order valence-electron chi connectivity index (χ0n) is 19.2. The summed E-state index contributed by atoms with van der Waals surface area (Å²) in [5.74, 6) is 0.459. The van der Waals surface area contributed by atoms with Gasteiger partial charge in [-0.3, -0.25) is 24.3 Å². The average molecular weight is 448 g/mol. The molecular formula is C25H29N5O3. The summed E-state index contributed by atoms with van der Waals surface area (Å²) < 4.78 is 2.04. The van der Waals surface area contributed by atoms with E-state index in [4.69, 9.17) is 4.98 Å². The van der Waals surface area contributed by atoms with Gasteiger partial charge in [0.15, 0.2) is 0 Å². The number of hydrogen-bond donors (Lipinski definition) is 1. The van der Waals surface area contributed by atoms with Gasteiger partial charge in [0, 0.05) is 32.4 Å². The van der Waals surface area contributed by atoms with E-state index in [1.807, 2.05) is 35.9 Å². The summed E-state index contributed by atoms with van der Waals surface area (Å²) in [6, 6.07) is 9.34. The monoisotopic (exact) mass is 447 g/mol. The van der Waals surface area contributed by atoms with Gasteiger partial charge in [-0.05, 0) is 37.0 Å². The van der Waals surface area contributed by atoms with Crippen LogP contribution in [0.2, 0.25) is 0 Å². The third-order valence-electron chi connectivity index (χ3n) is 6.14. The van der Waals surface area contributed by atoms with Crippen LogP contribution in [0, 0.1) is 5.92 Å². The number of pyridine rings is 1. The fourth-order valence-electron chi connectivity index (χ4n) is 4.29. The number of para-hydroxylation sites is 2. The lowest BCUT2D eigenvalue weighted by Crippen LogP contribution is -2.33. The van der Waals surface area contributed by atoms with Crippen LogP contribution in [0.5, 0.6) is 0 Å². The molecule has 0 saturated carbocycles. The summed E-state index contributed by atoms with van der Waals surface area (Å²) in [4.78, 5) is 47.4. The maximum atomic E-state index is 12.7. The van der Waals surface area contributed by atoms with E-state index in [0.717, 1.165) is 23.3 Å². The molecule has 3 heterocycles. The van der Waals surface area contributed by atoms with E-state index in [9.17, 15) is 14.4 Å². The molecule has 8 nitrogen and oxygen atoms in total. The van der Waals surface area contributed by atoms with Gasteiger partial charge in [0.2, 0.25) is 5.91 Å². The smallest absolute Gasteiger partial charge is 0.263 e. The van der Waals surface area contributed by atoms with Crippen molar-refractivity contribution in [3.63, 3.8) is 0 Å². The van der Waals surface area contributed by atoms with Crippen LogP contribution >= 0.6 is 0 Å². The summed E-state index contributed by atoms with van der Waals surface area (Å²) in [7, 11) is 1.97. The highest BCUT2D eigenvalue weighted by atomic mass is 16.2. The van der Waals surface area contributed by atoms with Crippen molar-refractivity contribution in [2.75, 3.05) is 6.54 Å². The van der Waals surface area contributed by atoms with E-state index in [-0.39, 0.29) is 29.7 Å². The maximum absolute atomic E-state index is 12.7. The number of nitrogens with zero attached hydrogens (tertiary/aromatic N) is 4. The Bertz CT molecular complexity index is 1160. The standard InChI is InChI=1S/C25H29N5O3/c1-16(2)22(23-27-19-9-6-7-10-20(19)29(23)3)28-21(31)11-5-4-8-14-30-24(32)17-12-13-26-15-18(17)25(30)33/h6-7,9-10,12-13,15-16,22H,4-5,8,11,14H2,1-3H3,(H,28,31). The summed E-state index contributed by atoms with van der Waals surface area (Å²) in [6.45, 7) is 4.49. The molecular weight excluding hydrogens is 418 g/mol. The van der Waals surface area contributed by atoms with Gasteiger partial charge in [-0.15, -0.1) is 0 Å². The second-order valence-corrected chi connectivity index (χ2v) is 8.80. The quantitative estimate of drug-likeness (QED) is 0.399. The number of imidazole rings is 1. The van der Waals surface area contributed by atoms with E-state index < -0.39 is 0 Å². The molecule has 172 valence electrons. The minimum atomic E-state index is -0.289. The van der Waals surface area contributed by atoms with Crippen molar-refractivity contribution in [1.29, 1.82) is 0 Å². The van der Waals surface area contributed by atoms with Gasteiger partial charge in [-0.25, -0.2) is 4.98 Å². The molecule has 0 fully saturated rings. The molecule has 0 saturated heterocycles. The first-order valence-corrected chi connectivity index (χ1v) is 11.4. The first kappa shape index (κ1) is 22.6. The zero-order valence-corrected chi connectivity index (χ0v) is 19.2. The third kappa shape index (κ3) is 4.51. The van der Waals surface area contributed by atoms with E-state index in [1.165, 1.54) is 17.3 Å². The molecule has 0 spiro atoms. The number of carbonyl (C=O) groups is 3. The summed E-state index contributed by atoms with van der Waals surface area (Å²) in [5, 5.41) is 3.14. The van der Waals surface area contributed by atoms with E-state index >= 15 is 0 Å². The predicted molar refractivity (Wildman–Crippen MR) is 125 cm³/mol. The molecule has 4 rings (SSSR count). The zero-order chi connectivity index (χ0) is 23.5. The number of nitrogens with one attached hydrogen (secondary N) is 1. The highest BCUT2D eigenvalue weighted by Gasteiger charge is 2.34. The molecule has 0 radical (unpaired) electrons. The Morgan fingerprint density at radius 1 is 1.03 bits per heavy atom. The molecule has 1 atom stereocenters. The maximum Gasteiger partial charge on any atom is 0.263 e. The number of fused-ring (bicyclic) bond motifs is 2. The molecule has 1 unspecified atom stereocenters. The Hall–Kier alpha value is -3.55. The van der Waals surface area contributed by atoms with E-state index in [2.05, 4.69) is 24.1 Å². The Kier molecular flexibility index (Phi) is 6.53. The van der Waals surface area contributed by atoms with Gasteiger partial charge in [-0.1, -0.05) is 32.4 Å². The van der Waals surface area contributed by atoms with Crippen LogP contribution in [-0.2, 0) is 11.8 Å². The van der Waals surface area contributed by atoms with Gasteiger partial charge in [-0.2, -0.15) is 0 Å². The Labute approximate surface area is 193 Å². The number of unbranched alkanes of at least 4 members (excludes halogenated alkanes) is 2. The minimum absolute atomic E-state index is 0.0208. The number of aryl methyl sites for hydroxylation is 1. The Morgan fingerprint density at radius 3 is 2.52 bits per heavy atom. The SMILES string of the molecule is CC(C)C(NC(=O)CCCCCN1C(=O)c2ccncc2C1=O)c1nc2ccccc2n1C. The van der Waals surface area contributed by atoms with Crippen molar-refractivity contribution < 1.29 is 14.4 Å². The molecule has 2 aromatic heterocycles. The van der Waals surface area contributed by atoms with Crippen molar-refractivity contribution >= 4 is 28.8 Å². The van der Waals surface area contributed by atoms with Crippen molar-refractivity contribution in [3.8, 4) is 0 Å². The Morgan fingerprint density at radius 2 is 1.79 bits per heavy atom. The molecule has 1 aliphatic heterocycles. The summed E-state index contributed by atoms with van der Waals surface area (Å²) in [6.07, 6.45) is 5.44. The molecule has 1 aliphatic rings. The van der Waals surface area contributed by atoms with E-state index in [1.54, 1.807) is 6.07 Å². The van der Waals surface area contributed by atoms with Gasteiger partial charge in [0.1, 0.15) is 5.82 Å². The number of aromatic nitrogens is 3. The van der Waals surface area contributed by atoms with Crippen LogP contribution in [-0.4, -0.2) is 43.7 Å². The normalized spacial score (nSPS) is 14.2. The highest BCUT2D eigenvalue weighted by Crippen LogP contribution is 2.25. The summed E-state index contributed by atoms with van der Waals surface area (Å²) >= 11 is 0. The lowest BCUT2D eigenvalue weighted by molar-refractivity contribution is -0.122. The highest BCUT2D eigenvalue weighted by molar-refractivity contribution is 6.21. The fraction of sp³-hybridized carbons (Fsp3) is 0.400. The largest absolute Gasteiger partial charge is 0.346 e. The summed E-state index contributed by atoms with van der Waals surface area (Å²) in [5.41, 5.74) is 2.73. The van der Waals surface area contributed by atoms with Crippen molar-refractivity contribution in [3.05, 3.63) is 59.7 Å². The number of amides is 3. The Balaban J connectivity index is 1.27. The topological polar surface area (TPSA) is 97.2 Å². The number of carbonyl (C=O) groups excluding carboxylic acids is 3.